The first-order chi connectivity index (χ1) is 7.36. The van der Waals surface area contributed by atoms with Crippen molar-refractivity contribution in [3.63, 3.8) is 0 Å². The lowest BCUT2D eigenvalue weighted by Gasteiger charge is -2.14. The molecule has 0 aliphatic heterocycles. The van der Waals surface area contributed by atoms with Crippen molar-refractivity contribution >= 4 is 5.78 Å². The van der Waals surface area contributed by atoms with E-state index < -0.39 is 0 Å². The summed E-state index contributed by atoms with van der Waals surface area (Å²) in [5.41, 5.74) is 5.04. The highest BCUT2D eigenvalue weighted by molar-refractivity contribution is 6.04. The molecule has 0 saturated carbocycles. The van der Waals surface area contributed by atoms with Crippen LogP contribution in [-0.4, -0.2) is 5.78 Å². The van der Waals surface area contributed by atoms with Crippen LogP contribution in [0.4, 0.5) is 0 Å². The number of Topliss-reactive ketones (excluding diaryl/α,β-unsaturated/α-hetero) is 1. The summed E-state index contributed by atoms with van der Waals surface area (Å²) in [4.78, 5) is 11.9. The lowest BCUT2D eigenvalue weighted by Crippen LogP contribution is -2.02. The van der Waals surface area contributed by atoms with Gasteiger partial charge in [0.15, 0.2) is 5.78 Å². The molecular formula is C14H14O. The highest BCUT2D eigenvalue weighted by Gasteiger charge is 2.27. The molecule has 0 saturated heterocycles. The Morgan fingerprint density at radius 3 is 2.87 bits per heavy atom. The summed E-state index contributed by atoms with van der Waals surface area (Å²) in [6, 6.07) is 0. The van der Waals surface area contributed by atoms with Crippen LogP contribution < -0.4 is 0 Å². The standard InChI is InChI=1S/C14H14O/c15-14-8-4-3-7-12-11-6-2-1-5-10(11)9-13(12)14/h3-4,7,9H,1-2,5-6,8H2. The Morgan fingerprint density at radius 2 is 1.93 bits per heavy atom. The maximum atomic E-state index is 11.9. The van der Waals surface area contributed by atoms with E-state index in [1.54, 1.807) is 0 Å². The molecule has 1 nitrogen and oxygen atoms in total. The van der Waals surface area contributed by atoms with Gasteiger partial charge in [0.05, 0.1) is 0 Å². The predicted molar refractivity (Wildman–Crippen MR) is 60.4 cm³/mol. The van der Waals surface area contributed by atoms with E-state index in [2.05, 4.69) is 12.2 Å². The smallest absolute Gasteiger partial charge is 0.167 e. The second kappa shape index (κ2) is 3.34. The van der Waals surface area contributed by atoms with Crippen LogP contribution in [-0.2, 0) is 4.79 Å². The van der Waals surface area contributed by atoms with Crippen LogP contribution >= 0.6 is 0 Å². The number of carbonyl (C=O) groups is 1. The fourth-order valence-electron chi connectivity index (χ4n) is 2.68. The summed E-state index contributed by atoms with van der Waals surface area (Å²) in [5, 5.41) is 0. The molecule has 1 heteroatoms. The summed E-state index contributed by atoms with van der Waals surface area (Å²) >= 11 is 0. The van der Waals surface area contributed by atoms with Crippen LogP contribution in [0.25, 0.3) is 0 Å². The Balaban J connectivity index is 2.09. The normalized spacial score (nSPS) is 24.4. The highest BCUT2D eigenvalue weighted by atomic mass is 16.1. The Bertz CT molecular complexity index is 440. The van der Waals surface area contributed by atoms with E-state index in [-0.39, 0.29) is 5.78 Å². The first kappa shape index (κ1) is 8.90. The van der Waals surface area contributed by atoms with E-state index in [4.69, 9.17) is 0 Å². The molecule has 0 amide bonds. The fraction of sp³-hybridized carbons (Fsp3) is 0.357. The van der Waals surface area contributed by atoms with Crippen LogP contribution in [0.2, 0.25) is 0 Å². The van der Waals surface area contributed by atoms with Crippen LogP contribution in [0.15, 0.2) is 46.6 Å². The van der Waals surface area contributed by atoms with Gasteiger partial charge in [0.25, 0.3) is 0 Å². The highest BCUT2D eigenvalue weighted by Crippen LogP contribution is 2.41. The van der Waals surface area contributed by atoms with Crippen LogP contribution in [0.5, 0.6) is 0 Å². The van der Waals surface area contributed by atoms with Crippen LogP contribution in [0.3, 0.4) is 0 Å². The van der Waals surface area contributed by atoms with Crippen LogP contribution in [0, 0.1) is 0 Å². The van der Waals surface area contributed by atoms with Gasteiger partial charge in [0.2, 0.25) is 0 Å². The van der Waals surface area contributed by atoms with Gasteiger partial charge in [-0.15, -0.1) is 0 Å². The molecule has 0 fully saturated rings. The first-order valence-electron chi connectivity index (χ1n) is 5.71. The molecule has 0 spiro atoms. The van der Waals surface area contributed by atoms with E-state index in [1.807, 2.05) is 12.2 Å². The van der Waals surface area contributed by atoms with E-state index >= 15 is 0 Å². The number of carbonyl (C=O) groups excluding carboxylic acids is 1. The number of ketones is 1. The fourth-order valence-corrected chi connectivity index (χ4v) is 2.68. The number of hydrogen-bond acceptors (Lipinski definition) is 1. The molecule has 0 aromatic carbocycles. The molecule has 0 aromatic heterocycles. The summed E-state index contributed by atoms with van der Waals surface area (Å²) in [7, 11) is 0. The molecule has 15 heavy (non-hydrogen) atoms. The Kier molecular flexibility index (Phi) is 1.98. The lowest BCUT2D eigenvalue weighted by atomic mass is 9.90. The van der Waals surface area contributed by atoms with E-state index in [9.17, 15) is 4.79 Å². The molecule has 3 aliphatic carbocycles. The van der Waals surface area contributed by atoms with Crippen molar-refractivity contribution in [1.29, 1.82) is 0 Å². The molecule has 0 N–H and O–H groups in total. The second-order valence-corrected chi connectivity index (χ2v) is 4.40. The summed E-state index contributed by atoms with van der Waals surface area (Å²) in [6.45, 7) is 0. The summed E-state index contributed by atoms with van der Waals surface area (Å²) in [5.74, 6) is 0.282. The Morgan fingerprint density at radius 1 is 1.07 bits per heavy atom. The van der Waals surface area contributed by atoms with Crippen molar-refractivity contribution in [3.05, 3.63) is 46.6 Å². The molecule has 0 unspecified atom stereocenters. The van der Waals surface area contributed by atoms with Crippen molar-refractivity contribution in [3.8, 4) is 0 Å². The molecule has 0 aromatic rings. The molecule has 0 radical (unpaired) electrons. The maximum absolute atomic E-state index is 11.9. The van der Waals surface area contributed by atoms with Gasteiger partial charge >= 0.3 is 0 Å². The van der Waals surface area contributed by atoms with E-state index in [0.29, 0.717) is 6.42 Å². The van der Waals surface area contributed by atoms with Crippen molar-refractivity contribution < 1.29 is 4.79 Å². The van der Waals surface area contributed by atoms with Crippen molar-refractivity contribution in [2.75, 3.05) is 0 Å². The minimum Gasteiger partial charge on any atom is -0.294 e. The summed E-state index contributed by atoms with van der Waals surface area (Å²) in [6.07, 6.45) is 13.7. The monoisotopic (exact) mass is 198 g/mol. The van der Waals surface area contributed by atoms with Gasteiger partial charge in [-0.3, -0.25) is 4.79 Å². The number of rotatable bonds is 0. The molecule has 0 bridgehead atoms. The first-order valence-corrected chi connectivity index (χ1v) is 5.71. The van der Waals surface area contributed by atoms with Gasteiger partial charge in [-0.25, -0.2) is 0 Å². The number of fused-ring (bicyclic) bond motifs is 2. The molecule has 76 valence electrons. The molecule has 0 atom stereocenters. The van der Waals surface area contributed by atoms with Gasteiger partial charge in [0, 0.05) is 12.0 Å². The third-order valence-corrected chi connectivity index (χ3v) is 3.45. The second-order valence-electron chi connectivity index (χ2n) is 4.40. The Hall–Kier alpha value is -1.37. The van der Waals surface area contributed by atoms with Crippen LogP contribution in [0.1, 0.15) is 32.1 Å². The molecule has 3 aliphatic rings. The zero-order valence-corrected chi connectivity index (χ0v) is 8.75. The van der Waals surface area contributed by atoms with E-state index in [0.717, 1.165) is 18.4 Å². The average Bonchev–Trinajstić information content (AvgIpc) is 2.54. The average molecular weight is 198 g/mol. The minimum absolute atomic E-state index is 0.282. The van der Waals surface area contributed by atoms with Gasteiger partial charge < -0.3 is 0 Å². The van der Waals surface area contributed by atoms with Gasteiger partial charge in [-0.05, 0) is 48.5 Å². The Labute approximate surface area is 89.9 Å². The SMILES string of the molecule is O=C1CC=CC=C2C1=CC1=C2CCCC1. The van der Waals surface area contributed by atoms with Crippen molar-refractivity contribution in [2.24, 2.45) is 0 Å². The number of hydrogen-bond donors (Lipinski definition) is 0. The minimum atomic E-state index is 0.282. The quantitative estimate of drug-likeness (QED) is 0.584. The maximum Gasteiger partial charge on any atom is 0.167 e. The molecule has 0 heterocycles. The molecule has 3 rings (SSSR count). The topological polar surface area (TPSA) is 17.1 Å². The third-order valence-electron chi connectivity index (χ3n) is 3.45. The van der Waals surface area contributed by atoms with Gasteiger partial charge in [-0.2, -0.15) is 0 Å². The van der Waals surface area contributed by atoms with Gasteiger partial charge in [-0.1, -0.05) is 18.2 Å². The lowest BCUT2D eigenvalue weighted by molar-refractivity contribution is -0.114. The number of allylic oxidation sites excluding steroid dienone is 8. The largest absolute Gasteiger partial charge is 0.294 e. The van der Waals surface area contributed by atoms with E-state index in [1.165, 1.54) is 29.6 Å². The van der Waals surface area contributed by atoms with Crippen molar-refractivity contribution in [2.45, 2.75) is 32.1 Å². The summed E-state index contributed by atoms with van der Waals surface area (Å²) < 4.78 is 0. The predicted octanol–water partition coefficient (Wildman–Crippen LogP) is 3.25. The molecular weight excluding hydrogens is 184 g/mol. The third kappa shape index (κ3) is 1.34. The van der Waals surface area contributed by atoms with Gasteiger partial charge in [0.1, 0.15) is 0 Å². The zero-order chi connectivity index (χ0) is 10.3. The van der Waals surface area contributed by atoms with Crippen molar-refractivity contribution in [1.82, 2.24) is 0 Å². The zero-order valence-electron chi connectivity index (χ0n) is 8.75.